The standard InChI is InChI=1S/C32H26N6O2/c1-19-9-8-10-22(17-19)33-30-32-35-31-28(20(2)36-38(31)23-11-4-3-5-12-23)29(21-15-16-26(39)27(40)18-21)37(32)25-14-7-6-13-24(25)34-30/h3-18,29,39-40H,1-2H3,(H,33,34)/t29-/m1/s1. The third-order valence-electron chi connectivity index (χ3n) is 7.24. The lowest BCUT2D eigenvalue weighted by Gasteiger charge is -2.40. The third kappa shape index (κ3) is 3.80. The first-order chi connectivity index (χ1) is 19.5. The summed E-state index contributed by atoms with van der Waals surface area (Å²) >= 11 is 0. The zero-order chi connectivity index (χ0) is 27.4. The van der Waals surface area contributed by atoms with Crippen LogP contribution in [-0.4, -0.2) is 31.7 Å². The molecule has 0 spiro atoms. The van der Waals surface area contributed by atoms with Gasteiger partial charge in [-0.25, -0.2) is 14.7 Å². The van der Waals surface area contributed by atoms with E-state index in [9.17, 15) is 10.2 Å². The predicted molar refractivity (Wildman–Crippen MR) is 158 cm³/mol. The van der Waals surface area contributed by atoms with Gasteiger partial charge in [-0.15, -0.1) is 0 Å². The van der Waals surface area contributed by atoms with Gasteiger partial charge < -0.3 is 20.4 Å². The molecule has 0 fully saturated rings. The van der Waals surface area contributed by atoms with Crippen LogP contribution in [0.15, 0.2) is 107 Å². The van der Waals surface area contributed by atoms with Crippen molar-refractivity contribution in [1.29, 1.82) is 0 Å². The molecule has 0 saturated carbocycles. The molecule has 4 aromatic carbocycles. The van der Waals surface area contributed by atoms with E-state index in [4.69, 9.17) is 15.1 Å². The molecule has 2 aliphatic rings. The topological polar surface area (TPSA) is 98.3 Å². The molecular formula is C32H26N6O2. The number of phenols is 2. The predicted octanol–water partition coefficient (Wildman–Crippen LogP) is 6.70. The number of nitrogens with one attached hydrogen (secondary N) is 1. The monoisotopic (exact) mass is 526 g/mol. The summed E-state index contributed by atoms with van der Waals surface area (Å²) in [5, 5.41) is 29.1. The van der Waals surface area contributed by atoms with Crippen LogP contribution in [0, 0.1) is 13.8 Å². The van der Waals surface area contributed by atoms with E-state index in [0.717, 1.165) is 45.1 Å². The molecule has 5 aromatic rings. The lowest BCUT2D eigenvalue weighted by atomic mass is 9.93. The second-order valence-electron chi connectivity index (χ2n) is 9.97. The van der Waals surface area contributed by atoms with E-state index in [1.54, 1.807) is 6.07 Å². The van der Waals surface area contributed by atoms with Crippen molar-refractivity contribution >= 4 is 34.6 Å². The number of benzene rings is 4. The maximum Gasteiger partial charge on any atom is 0.179 e. The van der Waals surface area contributed by atoms with E-state index in [-0.39, 0.29) is 11.5 Å². The molecule has 0 saturated heterocycles. The van der Waals surface area contributed by atoms with Crippen molar-refractivity contribution in [2.45, 2.75) is 19.9 Å². The number of phenolic OH excluding ortho intramolecular Hbond substituents is 2. The van der Waals surface area contributed by atoms with Gasteiger partial charge in [0.2, 0.25) is 0 Å². The number of para-hydroxylation sites is 3. The Labute approximate surface area is 231 Å². The van der Waals surface area contributed by atoms with Crippen molar-refractivity contribution in [1.82, 2.24) is 9.78 Å². The van der Waals surface area contributed by atoms with Gasteiger partial charge in [-0.05, 0) is 73.5 Å². The molecule has 0 unspecified atom stereocenters. The summed E-state index contributed by atoms with van der Waals surface area (Å²) < 4.78 is 1.85. The summed E-state index contributed by atoms with van der Waals surface area (Å²) in [6, 6.07) is 30.5. The molecule has 196 valence electrons. The second-order valence-corrected chi connectivity index (χ2v) is 9.97. The van der Waals surface area contributed by atoms with Crippen LogP contribution in [0.4, 0.5) is 22.9 Å². The Bertz CT molecular complexity index is 1840. The first-order valence-corrected chi connectivity index (χ1v) is 13.0. The number of anilines is 2. The molecule has 7 rings (SSSR count). The Morgan fingerprint density at radius 3 is 2.38 bits per heavy atom. The van der Waals surface area contributed by atoms with Crippen LogP contribution < -0.4 is 10.2 Å². The highest BCUT2D eigenvalue weighted by Gasteiger charge is 2.41. The minimum absolute atomic E-state index is 0.173. The van der Waals surface area contributed by atoms with E-state index in [0.29, 0.717) is 17.5 Å². The lowest BCUT2D eigenvalue weighted by molar-refractivity contribution is 0.403. The van der Waals surface area contributed by atoms with Gasteiger partial charge in [0.05, 0.1) is 28.8 Å². The van der Waals surface area contributed by atoms with Crippen molar-refractivity contribution in [3.8, 4) is 17.2 Å². The minimum Gasteiger partial charge on any atom is -0.504 e. The molecular weight excluding hydrogens is 500 g/mol. The van der Waals surface area contributed by atoms with Crippen molar-refractivity contribution < 1.29 is 10.2 Å². The SMILES string of the molecule is Cc1cccc(NC2=Nc3ccccc3N3C2=Nc2c(c(C)nn2-c2ccccc2)[C@H]3c2ccc(O)c(O)c2)c1. The quantitative estimate of drug-likeness (QED) is 0.227. The zero-order valence-corrected chi connectivity index (χ0v) is 21.9. The Morgan fingerprint density at radius 2 is 1.57 bits per heavy atom. The fourth-order valence-corrected chi connectivity index (χ4v) is 5.43. The number of amidine groups is 2. The van der Waals surface area contributed by atoms with E-state index in [2.05, 4.69) is 16.3 Å². The highest BCUT2D eigenvalue weighted by Crippen LogP contribution is 2.49. The smallest absolute Gasteiger partial charge is 0.179 e. The Balaban J connectivity index is 1.51. The molecule has 2 aliphatic heterocycles. The van der Waals surface area contributed by atoms with Gasteiger partial charge in [-0.2, -0.15) is 5.10 Å². The lowest BCUT2D eigenvalue weighted by Crippen LogP contribution is -2.46. The maximum atomic E-state index is 10.5. The Hall–Kier alpha value is -5.37. The van der Waals surface area contributed by atoms with Crippen molar-refractivity contribution in [2.24, 2.45) is 9.98 Å². The first kappa shape index (κ1) is 23.7. The molecule has 1 atom stereocenters. The summed E-state index contributed by atoms with van der Waals surface area (Å²) in [5.41, 5.74) is 7.09. The highest BCUT2D eigenvalue weighted by molar-refractivity contribution is 6.51. The number of hydrogen-bond acceptors (Lipinski definition) is 7. The second kappa shape index (κ2) is 9.13. The van der Waals surface area contributed by atoms with E-state index in [1.807, 2.05) is 97.4 Å². The molecule has 1 aromatic heterocycles. The van der Waals surface area contributed by atoms with E-state index in [1.165, 1.54) is 6.07 Å². The van der Waals surface area contributed by atoms with Crippen molar-refractivity contribution in [3.05, 3.63) is 119 Å². The third-order valence-corrected chi connectivity index (χ3v) is 7.24. The zero-order valence-electron chi connectivity index (χ0n) is 21.9. The number of rotatable bonds is 3. The number of hydrogen-bond donors (Lipinski definition) is 3. The number of fused-ring (bicyclic) bond motifs is 4. The van der Waals surface area contributed by atoms with Crippen LogP contribution in [0.25, 0.3) is 5.69 Å². The summed E-state index contributed by atoms with van der Waals surface area (Å²) in [6.07, 6.45) is 0. The van der Waals surface area contributed by atoms with Crippen LogP contribution in [0.3, 0.4) is 0 Å². The molecule has 3 heterocycles. The molecule has 0 radical (unpaired) electrons. The fourth-order valence-electron chi connectivity index (χ4n) is 5.43. The number of nitrogens with zero attached hydrogens (tertiary/aromatic N) is 5. The van der Waals surface area contributed by atoms with Gasteiger partial charge in [0, 0.05) is 11.3 Å². The molecule has 40 heavy (non-hydrogen) atoms. The van der Waals surface area contributed by atoms with Crippen LogP contribution in [0.1, 0.15) is 28.4 Å². The summed E-state index contributed by atoms with van der Waals surface area (Å²) in [7, 11) is 0. The van der Waals surface area contributed by atoms with Gasteiger partial charge in [0.25, 0.3) is 0 Å². The average Bonchev–Trinajstić information content (AvgIpc) is 3.30. The fraction of sp³-hybridized carbons (Fsp3) is 0.0938. The molecule has 0 bridgehead atoms. The van der Waals surface area contributed by atoms with Crippen LogP contribution in [0.2, 0.25) is 0 Å². The van der Waals surface area contributed by atoms with E-state index >= 15 is 0 Å². The largest absolute Gasteiger partial charge is 0.504 e. The molecule has 8 nitrogen and oxygen atoms in total. The number of aryl methyl sites for hydroxylation is 2. The average molecular weight is 527 g/mol. The minimum atomic E-state index is -0.405. The number of aromatic nitrogens is 2. The summed E-state index contributed by atoms with van der Waals surface area (Å²) in [5.74, 6) is 1.55. The molecule has 0 amide bonds. The maximum absolute atomic E-state index is 10.5. The Kier molecular flexibility index (Phi) is 5.41. The van der Waals surface area contributed by atoms with Crippen LogP contribution >= 0.6 is 0 Å². The Morgan fingerprint density at radius 1 is 0.775 bits per heavy atom. The number of aromatic hydroxyl groups is 2. The normalized spacial score (nSPS) is 15.4. The summed E-state index contributed by atoms with van der Waals surface area (Å²) in [6.45, 7) is 4.02. The van der Waals surface area contributed by atoms with Crippen molar-refractivity contribution in [2.75, 3.05) is 10.2 Å². The van der Waals surface area contributed by atoms with Gasteiger partial charge in [-0.1, -0.05) is 48.5 Å². The number of aliphatic imine (C=N–C) groups is 2. The van der Waals surface area contributed by atoms with Gasteiger partial charge >= 0.3 is 0 Å². The van der Waals surface area contributed by atoms with Gasteiger partial charge in [-0.3, -0.25) is 0 Å². The summed E-state index contributed by atoms with van der Waals surface area (Å²) in [4.78, 5) is 12.4. The van der Waals surface area contributed by atoms with Crippen LogP contribution in [0.5, 0.6) is 11.5 Å². The highest BCUT2D eigenvalue weighted by atomic mass is 16.3. The van der Waals surface area contributed by atoms with Crippen molar-refractivity contribution in [3.63, 3.8) is 0 Å². The molecule has 3 N–H and O–H groups in total. The van der Waals surface area contributed by atoms with Crippen LogP contribution in [-0.2, 0) is 0 Å². The molecule has 8 heteroatoms. The van der Waals surface area contributed by atoms with Gasteiger partial charge in [0.15, 0.2) is 29.0 Å². The first-order valence-electron chi connectivity index (χ1n) is 13.0. The van der Waals surface area contributed by atoms with E-state index < -0.39 is 6.04 Å². The molecule has 0 aliphatic carbocycles. The van der Waals surface area contributed by atoms with Gasteiger partial charge in [0.1, 0.15) is 0 Å².